The summed E-state index contributed by atoms with van der Waals surface area (Å²) in [6, 6.07) is 0. The average Bonchev–Trinajstić information content (AvgIpc) is 2.63. The molecule has 0 bridgehead atoms. The van der Waals surface area contributed by atoms with Gasteiger partial charge in [-0.2, -0.15) is 4.91 Å². The molecule has 0 aliphatic heterocycles. The zero-order valence-corrected chi connectivity index (χ0v) is 14.4. The number of nitrogens with one attached hydrogen (secondary N) is 1. The maximum absolute atomic E-state index is 11.3. The molecule has 0 rings (SSSR count). The van der Waals surface area contributed by atoms with E-state index in [1.54, 1.807) is 0 Å². The Labute approximate surface area is 150 Å². The van der Waals surface area contributed by atoms with E-state index in [0.29, 0.717) is 33.0 Å². The van der Waals surface area contributed by atoms with Crippen LogP contribution in [0.5, 0.6) is 0 Å². The summed E-state index contributed by atoms with van der Waals surface area (Å²) in [5, 5.41) is 31.6. The third kappa shape index (κ3) is 13.6. The van der Waals surface area contributed by atoms with E-state index in [2.05, 4.69) is 10.5 Å². The zero-order chi connectivity index (χ0) is 19.6. The number of carboxylic acid groups (broad SMARTS) is 1. The standard InChI is InChI=1S/C14H26N2O10/c17-11(12(18)14(20)21)13(19)15-1-3-23-5-7-25-9-10-26-8-6-24-4-2-16-22/h11-12,17-18H,1-10H2,(H,15,19)(H,20,21). The van der Waals surface area contributed by atoms with Crippen molar-refractivity contribution < 1.29 is 43.9 Å². The van der Waals surface area contributed by atoms with Crippen LogP contribution < -0.4 is 5.32 Å². The number of ether oxygens (including phenoxy) is 4. The molecule has 0 saturated carbocycles. The quantitative estimate of drug-likeness (QED) is 0.150. The second kappa shape index (κ2) is 16.8. The van der Waals surface area contributed by atoms with Crippen LogP contribution >= 0.6 is 0 Å². The molecule has 0 aromatic heterocycles. The minimum absolute atomic E-state index is 0.0466. The second-order valence-electron chi connectivity index (χ2n) is 4.82. The van der Waals surface area contributed by atoms with E-state index < -0.39 is 24.1 Å². The number of hydrogen-bond acceptors (Lipinski definition) is 10. The van der Waals surface area contributed by atoms with Crippen LogP contribution in [-0.2, 0) is 28.5 Å². The van der Waals surface area contributed by atoms with Gasteiger partial charge in [-0.25, -0.2) is 4.79 Å². The summed E-state index contributed by atoms with van der Waals surface area (Å²) in [7, 11) is 0. The van der Waals surface area contributed by atoms with Crippen molar-refractivity contribution >= 4 is 11.9 Å². The number of carbonyl (C=O) groups is 2. The third-order valence-corrected chi connectivity index (χ3v) is 2.81. The molecule has 0 aliphatic rings. The molecule has 152 valence electrons. The maximum atomic E-state index is 11.3. The van der Waals surface area contributed by atoms with Crippen molar-refractivity contribution in [3.8, 4) is 0 Å². The Morgan fingerprint density at radius 1 is 0.808 bits per heavy atom. The molecule has 0 radical (unpaired) electrons. The number of carbonyl (C=O) groups excluding carboxylic acids is 1. The molecule has 2 unspecified atom stereocenters. The van der Waals surface area contributed by atoms with Crippen LogP contribution in [0.1, 0.15) is 0 Å². The summed E-state index contributed by atoms with van der Waals surface area (Å²) >= 11 is 0. The van der Waals surface area contributed by atoms with E-state index >= 15 is 0 Å². The molecule has 4 N–H and O–H groups in total. The Bertz CT molecular complexity index is 396. The number of amides is 1. The average molecular weight is 382 g/mol. The van der Waals surface area contributed by atoms with Gasteiger partial charge in [-0.1, -0.05) is 5.18 Å². The van der Waals surface area contributed by atoms with Crippen LogP contribution in [0.2, 0.25) is 0 Å². The number of aliphatic carboxylic acids is 1. The largest absolute Gasteiger partial charge is 0.479 e. The molecular weight excluding hydrogens is 356 g/mol. The molecule has 2 atom stereocenters. The third-order valence-electron chi connectivity index (χ3n) is 2.81. The Balaban J connectivity index is 3.32. The molecule has 26 heavy (non-hydrogen) atoms. The van der Waals surface area contributed by atoms with Crippen molar-refractivity contribution in [1.29, 1.82) is 0 Å². The molecule has 12 nitrogen and oxygen atoms in total. The van der Waals surface area contributed by atoms with Crippen LogP contribution in [0.4, 0.5) is 0 Å². The maximum Gasteiger partial charge on any atom is 0.335 e. The lowest BCUT2D eigenvalue weighted by Crippen LogP contribution is -2.46. The lowest BCUT2D eigenvalue weighted by molar-refractivity contribution is -0.158. The van der Waals surface area contributed by atoms with Crippen molar-refractivity contribution in [2.45, 2.75) is 12.2 Å². The zero-order valence-electron chi connectivity index (χ0n) is 14.4. The fraction of sp³-hybridized carbons (Fsp3) is 0.857. The number of aliphatic hydroxyl groups is 2. The molecule has 0 aromatic rings. The Kier molecular flexibility index (Phi) is 15.7. The number of rotatable bonds is 18. The minimum Gasteiger partial charge on any atom is -0.479 e. The fourth-order valence-electron chi connectivity index (χ4n) is 1.49. The summed E-state index contributed by atoms with van der Waals surface area (Å²) in [5.41, 5.74) is 0. The summed E-state index contributed by atoms with van der Waals surface area (Å²) in [5.74, 6) is -2.68. The molecule has 0 spiro atoms. The van der Waals surface area contributed by atoms with Gasteiger partial charge in [0.05, 0.1) is 52.9 Å². The molecule has 0 saturated heterocycles. The van der Waals surface area contributed by atoms with E-state index in [0.717, 1.165) is 0 Å². The highest BCUT2D eigenvalue weighted by Gasteiger charge is 2.29. The van der Waals surface area contributed by atoms with E-state index in [1.165, 1.54) is 0 Å². The first-order valence-corrected chi connectivity index (χ1v) is 7.97. The van der Waals surface area contributed by atoms with Crippen LogP contribution in [0.3, 0.4) is 0 Å². The van der Waals surface area contributed by atoms with Gasteiger partial charge >= 0.3 is 5.97 Å². The lowest BCUT2D eigenvalue weighted by Gasteiger charge is -2.14. The normalized spacial score (nSPS) is 13.2. The van der Waals surface area contributed by atoms with Crippen molar-refractivity contribution in [2.75, 3.05) is 65.9 Å². The van der Waals surface area contributed by atoms with E-state index in [-0.39, 0.29) is 32.9 Å². The lowest BCUT2D eigenvalue weighted by atomic mass is 10.2. The topological polar surface area (TPSA) is 173 Å². The van der Waals surface area contributed by atoms with Gasteiger partial charge in [0.1, 0.15) is 6.54 Å². The SMILES string of the molecule is O=NCCOCCOCCOCCOCCNC(=O)C(O)C(O)C(=O)O. The predicted octanol–water partition coefficient (Wildman–Crippen LogP) is -2.26. The summed E-state index contributed by atoms with van der Waals surface area (Å²) in [4.78, 5) is 31.5. The van der Waals surface area contributed by atoms with Crippen LogP contribution in [0, 0.1) is 4.91 Å². The second-order valence-corrected chi connectivity index (χ2v) is 4.82. The van der Waals surface area contributed by atoms with Gasteiger partial charge in [-0.05, 0) is 0 Å². The predicted molar refractivity (Wildman–Crippen MR) is 86.6 cm³/mol. The molecule has 0 fully saturated rings. The van der Waals surface area contributed by atoms with Gasteiger partial charge in [0.2, 0.25) is 0 Å². The van der Waals surface area contributed by atoms with Crippen molar-refractivity contribution in [1.82, 2.24) is 5.32 Å². The van der Waals surface area contributed by atoms with E-state index in [1.807, 2.05) is 0 Å². The first-order valence-electron chi connectivity index (χ1n) is 7.97. The molecule has 0 aliphatic carbocycles. The van der Waals surface area contributed by atoms with Crippen molar-refractivity contribution in [3.63, 3.8) is 0 Å². The van der Waals surface area contributed by atoms with Gasteiger partial charge < -0.3 is 39.6 Å². The summed E-state index contributed by atoms with van der Waals surface area (Å²) in [6.07, 6.45) is -4.21. The van der Waals surface area contributed by atoms with Crippen molar-refractivity contribution in [3.05, 3.63) is 4.91 Å². The molecule has 0 aromatic carbocycles. The van der Waals surface area contributed by atoms with Crippen LogP contribution in [0.25, 0.3) is 0 Å². The van der Waals surface area contributed by atoms with Crippen LogP contribution in [-0.4, -0.2) is 105 Å². The number of carboxylic acids is 1. The smallest absolute Gasteiger partial charge is 0.335 e. The molecular formula is C14H26N2O10. The van der Waals surface area contributed by atoms with Crippen LogP contribution in [0.15, 0.2) is 5.18 Å². The Hall–Kier alpha value is -1.70. The number of hydrogen-bond donors (Lipinski definition) is 4. The first-order chi connectivity index (χ1) is 12.5. The highest BCUT2D eigenvalue weighted by atomic mass is 16.6. The number of aliphatic hydroxyl groups excluding tert-OH is 2. The first kappa shape index (κ1) is 24.3. The molecule has 0 heterocycles. The van der Waals surface area contributed by atoms with Gasteiger partial charge in [-0.15, -0.1) is 0 Å². The summed E-state index contributed by atoms with van der Waals surface area (Å²) < 4.78 is 20.6. The number of nitroso groups, excluding NO2 is 1. The van der Waals surface area contributed by atoms with Crippen molar-refractivity contribution in [2.24, 2.45) is 5.18 Å². The molecule has 12 heteroatoms. The summed E-state index contributed by atoms with van der Waals surface area (Å²) in [6.45, 7) is 2.70. The Morgan fingerprint density at radius 3 is 1.73 bits per heavy atom. The Morgan fingerprint density at radius 2 is 1.27 bits per heavy atom. The monoisotopic (exact) mass is 382 g/mol. The minimum atomic E-state index is -2.17. The van der Waals surface area contributed by atoms with Gasteiger partial charge in [0, 0.05) is 6.54 Å². The van der Waals surface area contributed by atoms with E-state index in [4.69, 9.17) is 29.2 Å². The highest BCUT2D eigenvalue weighted by molar-refractivity contribution is 5.87. The van der Waals surface area contributed by atoms with E-state index in [9.17, 15) is 19.6 Å². The molecule has 1 amide bonds. The fourth-order valence-corrected chi connectivity index (χ4v) is 1.49. The van der Waals surface area contributed by atoms with Gasteiger partial charge in [0.15, 0.2) is 12.2 Å². The number of nitrogens with zero attached hydrogens (tertiary/aromatic N) is 1. The van der Waals surface area contributed by atoms with Gasteiger partial charge in [-0.3, -0.25) is 4.79 Å². The van der Waals surface area contributed by atoms with Gasteiger partial charge in [0.25, 0.3) is 5.91 Å². The highest BCUT2D eigenvalue weighted by Crippen LogP contribution is 1.93.